The largest absolute Gasteiger partial charge is 0.486 e. The molecule has 40 heavy (non-hydrogen) atoms. The van der Waals surface area contributed by atoms with Crippen molar-refractivity contribution in [3.05, 3.63) is 65.2 Å². The molecule has 4 rings (SSSR count). The minimum absolute atomic E-state index is 0.107. The van der Waals surface area contributed by atoms with Gasteiger partial charge in [0.2, 0.25) is 0 Å². The molecular formula is C31H40F3N3O2S. The minimum Gasteiger partial charge on any atom is -0.486 e. The predicted octanol–water partition coefficient (Wildman–Crippen LogP) is 7.23. The quantitative estimate of drug-likeness (QED) is 0.174. The van der Waals surface area contributed by atoms with Gasteiger partial charge in [-0.25, -0.2) is 0 Å². The third kappa shape index (κ3) is 9.77. The molecule has 0 amide bonds. The molecule has 5 nitrogen and oxygen atoms in total. The van der Waals surface area contributed by atoms with Gasteiger partial charge in [0.25, 0.3) is 0 Å². The van der Waals surface area contributed by atoms with Crippen LogP contribution in [0.15, 0.2) is 53.7 Å². The first-order valence-electron chi connectivity index (χ1n) is 14.3. The molecule has 0 unspecified atom stereocenters. The van der Waals surface area contributed by atoms with Crippen LogP contribution in [0.3, 0.4) is 0 Å². The maximum Gasteiger partial charge on any atom is 0.416 e. The highest BCUT2D eigenvalue weighted by Gasteiger charge is 2.30. The van der Waals surface area contributed by atoms with Crippen LogP contribution in [-0.2, 0) is 17.6 Å². The summed E-state index contributed by atoms with van der Waals surface area (Å²) in [7, 11) is 2.16. The first kappa shape index (κ1) is 30.3. The molecule has 2 aromatic rings. The van der Waals surface area contributed by atoms with Crippen molar-refractivity contribution in [2.24, 2.45) is 17.0 Å². The molecule has 2 fully saturated rings. The number of rotatable bonds is 11. The smallest absolute Gasteiger partial charge is 0.416 e. The molecule has 2 aromatic carbocycles. The molecular weight excluding hydrogens is 535 g/mol. The van der Waals surface area contributed by atoms with Gasteiger partial charge < -0.3 is 19.8 Å². The number of nitrogens with one attached hydrogen (secondary N) is 1. The number of benzene rings is 2. The number of hydrogen-bond donors (Lipinski definition) is 1. The second-order valence-corrected chi connectivity index (χ2v) is 11.6. The Kier molecular flexibility index (Phi) is 11.2. The number of thiocarbonyl (C=S) groups is 1. The number of oxime groups is 1. The molecule has 1 heterocycles. The van der Waals surface area contributed by atoms with Crippen LogP contribution in [0.5, 0.6) is 5.75 Å². The Bertz CT molecular complexity index is 1090. The molecule has 1 aliphatic carbocycles. The summed E-state index contributed by atoms with van der Waals surface area (Å²) in [6.07, 6.45) is 4.88. The number of alkyl halides is 3. The lowest BCUT2D eigenvalue weighted by Gasteiger charge is -2.29. The van der Waals surface area contributed by atoms with Crippen molar-refractivity contribution in [3.63, 3.8) is 0 Å². The predicted molar refractivity (Wildman–Crippen MR) is 157 cm³/mol. The lowest BCUT2D eigenvalue weighted by molar-refractivity contribution is -0.137. The minimum atomic E-state index is -4.35. The Morgan fingerprint density at radius 1 is 0.950 bits per heavy atom. The summed E-state index contributed by atoms with van der Waals surface area (Å²) in [6.45, 7) is 3.60. The third-order valence-electron chi connectivity index (χ3n) is 7.88. The van der Waals surface area contributed by atoms with E-state index in [1.54, 1.807) is 0 Å². The molecule has 1 saturated carbocycles. The van der Waals surface area contributed by atoms with Crippen LogP contribution in [0.25, 0.3) is 0 Å². The van der Waals surface area contributed by atoms with Crippen LogP contribution in [-0.4, -0.2) is 48.9 Å². The van der Waals surface area contributed by atoms with Gasteiger partial charge in [-0.15, -0.1) is 0 Å². The van der Waals surface area contributed by atoms with Gasteiger partial charge in [-0.1, -0.05) is 61.6 Å². The maximum absolute atomic E-state index is 12.8. The molecule has 1 saturated heterocycles. The molecule has 0 atom stereocenters. The SMILES string of the molecule is CN1CCC(CNC(=S)COc2ccc(/C(CC3CCCCC3)=N/OCc3ccc(C(F)(F)F)cc3)cc2)CC1. The normalized spacial score (nSPS) is 17.9. The zero-order valence-corrected chi connectivity index (χ0v) is 24.0. The molecule has 218 valence electrons. The fourth-order valence-corrected chi connectivity index (χ4v) is 5.46. The van der Waals surface area contributed by atoms with E-state index in [1.807, 2.05) is 24.3 Å². The van der Waals surface area contributed by atoms with E-state index in [1.165, 1.54) is 57.1 Å². The van der Waals surface area contributed by atoms with Crippen molar-refractivity contribution >= 4 is 22.9 Å². The van der Waals surface area contributed by atoms with E-state index in [4.69, 9.17) is 21.8 Å². The van der Waals surface area contributed by atoms with Gasteiger partial charge in [0.05, 0.1) is 11.3 Å². The monoisotopic (exact) mass is 575 g/mol. The van der Waals surface area contributed by atoms with Crippen LogP contribution >= 0.6 is 12.2 Å². The van der Waals surface area contributed by atoms with Crippen molar-refractivity contribution in [1.82, 2.24) is 10.2 Å². The summed E-state index contributed by atoms with van der Waals surface area (Å²) in [4.78, 5) is 8.71. The van der Waals surface area contributed by atoms with Gasteiger partial charge in [0.15, 0.2) is 0 Å². The summed E-state index contributed by atoms with van der Waals surface area (Å²) in [5.41, 5.74) is 1.76. The van der Waals surface area contributed by atoms with Crippen molar-refractivity contribution in [1.29, 1.82) is 0 Å². The van der Waals surface area contributed by atoms with Gasteiger partial charge in [-0.2, -0.15) is 13.2 Å². The van der Waals surface area contributed by atoms with Gasteiger partial charge in [0.1, 0.15) is 24.0 Å². The molecule has 1 aliphatic heterocycles. The van der Waals surface area contributed by atoms with Gasteiger partial charge in [0, 0.05) is 6.54 Å². The van der Waals surface area contributed by atoms with Gasteiger partial charge in [-0.05, 0) is 98.8 Å². The first-order valence-corrected chi connectivity index (χ1v) is 14.7. The number of hydrogen-bond acceptors (Lipinski definition) is 5. The number of piperidine rings is 1. The summed E-state index contributed by atoms with van der Waals surface area (Å²) in [5.74, 6) is 1.93. The summed E-state index contributed by atoms with van der Waals surface area (Å²) < 4.78 is 44.5. The highest BCUT2D eigenvalue weighted by Crippen LogP contribution is 2.30. The topological polar surface area (TPSA) is 46.1 Å². The number of ether oxygens (including phenoxy) is 1. The van der Waals surface area contributed by atoms with Crippen molar-refractivity contribution in [3.8, 4) is 5.75 Å². The second-order valence-electron chi connectivity index (χ2n) is 11.1. The Hall–Kier alpha value is -2.65. The number of nitrogens with zero attached hydrogens (tertiary/aromatic N) is 2. The molecule has 9 heteroatoms. The third-order valence-corrected chi connectivity index (χ3v) is 8.14. The maximum atomic E-state index is 12.8. The molecule has 0 aromatic heterocycles. The van der Waals surface area contributed by atoms with E-state index in [-0.39, 0.29) is 6.61 Å². The van der Waals surface area contributed by atoms with Crippen molar-refractivity contribution in [2.45, 2.75) is 64.1 Å². The van der Waals surface area contributed by atoms with Crippen molar-refractivity contribution < 1.29 is 22.7 Å². The lowest BCUT2D eigenvalue weighted by Crippen LogP contribution is -2.37. The van der Waals surface area contributed by atoms with E-state index >= 15 is 0 Å². The number of halogens is 3. The molecule has 1 N–H and O–H groups in total. The van der Waals surface area contributed by atoms with Crippen molar-refractivity contribution in [2.75, 3.05) is 33.3 Å². The Labute approximate surface area is 241 Å². The Morgan fingerprint density at radius 3 is 2.27 bits per heavy atom. The Balaban J connectivity index is 1.31. The highest BCUT2D eigenvalue weighted by atomic mass is 32.1. The van der Waals surface area contributed by atoms with Crippen LogP contribution in [0.2, 0.25) is 0 Å². The first-order chi connectivity index (χ1) is 19.3. The van der Waals surface area contributed by atoms with E-state index in [9.17, 15) is 13.2 Å². The number of likely N-dealkylation sites (tertiary alicyclic amines) is 1. The molecule has 0 radical (unpaired) electrons. The van der Waals surface area contributed by atoms with E-state index in [0.717, 1.165) is 55.2 Å². The van der Waals surface area contributed by atoms with Crippen LogP contribution in [0.1, 0.15) is 68.1 Å². The summed E-state index contributed by atoms with van der Waals surface area (Å²) in [6, 6.07) is 12.8. The Morgan fingerprint density at radius 2 is 1.62 bits per heavy atom. The average molecular weight is 576 g/mol. The fraction of sp³-hybridized carbons (Fsp3) is 0.548. The highest BCUT2D eigenvalue weighted by molar-refractivity contribution is 7.80. The van der Waals surface area contributed by atoms with Crippen LogP contribution < -0.4 is 10.1 Å². The summed E-state index contributed by atoms with van der Waals surface area (Å²) >= 11 is 5.48. The van der Waals surface area contributed by atoms with Crippen LogP contribution in [0, 0.1) is 11.8 Å². The zero-order valence-electron chi connectivity index (χ0n) is 23.2. The standard InChI is InChI=1S/C31H40F3N3O2S/c1-37-17-15-24(16-18-37)20-35-30(40)22-38-28-13-9-26(10-14-28)29(19-23-5-3-2-4-6-23)36-39-21-25-7-11-27(12-8-25)31(32,33)34/h7-14,23-24H,2-6,15-22H2,1H3,(H,35,40)/b36-29+. The molecule has 0 spiro atoms. The zero-order chi connectivity index (χ0) is 28.4. The van der Waals surface area contributed by atoms with Gasteiger partial charge >= 0.3 is 6.18 Å². The van der Waals surface area contributed by atoms with E-state index in [2.05, 4.69) is 22.4 Å². The second kappa shape index (κ2) is 14.8. The molecule has 0 bridgehead atoms. The fourth-order valence-electron chi connectivity index (χ4n) is 5.32. The van der Waals surface area contributed by atoms with E-state index in [0.29, 0.717) is 29.0 Å². The van der Waals surface area contributed by atoms with Crippen LogP contribution in [0.4, 0.5) is 13.2 Å². The lowest BCUT2D eigenvalue weighted by atomic mass is 9.84. The van der Waals surface area contributed by atoms with Gasteiger partial charge in [-0.3, -0.25) is 0 Å². The summed E-state index contributed by atoms with van der Waals surface area (Å²) in [5, 5.41) is 7.81. The van der Waals surface area contributed by atoms with E-state index < -0.39 is 11.7 Å². The average Bonchev–Trinajstić information content (AvgIpc) is 2.96. The molecule has 2 aliphatic rings.